The van der Waals surface area contributed by atoms with Crippen molar-refractivity contribution in [2.45, 2.75) is 10.6 Å². The van der Waals surface area contributed by atoms with E-state index < -0.39 is 10.8 Å². The fourth-order valence-corrected chi connectivity index (χ4v) is 3.41. The number of carbonyl (C=O) groups is 1. The summed E-state index contributed by atoms with van der Waals surface area (Å²) in [7, 11) is 0. The standard InChI is InChI=1S/C20H16N2O3S/c23-20(16-10-4-6-12-18(16)22(24)25)21-17-11-5-7-13-19(17)26-14-15-8-2-1-3-9-15/h1-13H,14H2,(H,21,23). The van der Waals surface area contributed by atoms with Crippen LogP contribution < -0.4 is 5.32 Å². The Labute approximate surface area is 155 Å². The number of thioether (sulfide) groups is 1. The smallest absolute Gasteiger partial charge is 0.282 e. The van der Waals surface area contributed by atoms with Gasteiger partial charge in [0.25, 0.3) is 11.6 Å². The number of nitro groups is 1. The molecule has 0 saturated heterocycles. The number of nitrogens with one attached hydrogen (secondary N) is 1. The molecule has 3 rings (SSSR count). The number of anilines is 1. The van der Waals surface area contributed by atoms with Crippen LogP contribution in [0, 0.1) is 10.1 Å². The largest absolute Gasteiger partial charge is 0.321 e. The molecule has 1 amide bonds. The Morgan fingerprint density at radius 3 is 2.35 bits per heavy atom. The van der Waals surface area contributed by atoms with Crippen LogP contribution in [0.1, 0.15) is 15.9 Å². The van der Waals surface area contributed by atoms with Crippen LogP contribution in [0.25, 0.3) is 0 Å². The Hall–Kier alpha value is -3.12. The Bertz CT molecular complexity index is 929. The molecule has 130 valence electrons. The summed E-state index contributed by atoms with van der Waals surface area (Å²) in [5, 5.41) is 13.9. The van der Waals surface area contributed by atoms with Gasteiger partial charge in [-0.2, -0.15) is 0 Å². The van der Waals surface area contributed by atoms with E-state index in [9.17, 15) is 14.9 Å². The van der Waals surface area contributed by atoms with Crippen LogP contribution >= 0.6 is 11.8 Å². The van der Waals surface area contributed by atoms with Crippen LogP contribution in [-0.4, -0.2) is 10.8 Å². The maximum absolute atomic E-state index is 12.5. The average molecular weight is 364 g/mol. The van der Waals surface area contributed by atoms with E-state index in [4.69, 9.17) is 0 Å². The second kappa shape index (κ2) is 8.31. The summed E-state index contributed by atoms with van der Waals surface area (Å²) in [4.78, 5) is 24.0. The highest BCUT2D eigenvalue weighted by atomic mass is 32.2. The predicted molar refractivity (Wildman–Crippen MR) is 103 cm³/mol. The first kappa shape index (κ1) is 17.7. The first-order chi connectivity index (χ1) is 12.6. The Morgan fingerprint density at radius 2 is 1.58 bits per heavy atom. The van der Waals surface area contributed by atoms with Gasteiger partial charge in [-0.3, -0.25) is 14.9 Å². The third-order valence-corrected chi connectivity index (χ3v) is 4.86. The Kier molecular flexibility index (Phi) is 5.66. The minimum absolute atomic E-state index is 0.0420. The number of para-hydroxylation sites is 2. The number of nitrogens with zero attached hydrogens (tertiary/aromatic N) is 1. The molecule has 0 heterocycles. The van der Waals surface area contributed by atoms with E-state index in [-0.39, 0.29) is 11.3 Å². The van der Waals surface area contributed by atoms with Crippen LogP contribution in [0.5, 0.6) is 0 Å². The molecule has 0 aromatic heterocycles. The normalized spacial score (nSPS) is 10.3. The number of benzene rings is 3. The van der Waals surface area contributed by atoms with Gasteiger partial charge in [-0.05, 0) is 23.8 Å². The molecule has 3 aromatic rings. The summed E-state index contributed by atoms with van der Waals surface area (Å²) in [5.74, 6) is 0.268. The van der Waals surface area contributed by atoms with Crippen molar-refractivity contribution >= 4 is 29.0 Å². The summed E-state index contributed by atoms with van der Waals surface area (Å²) < 4.78 is 0. The van der Waals surface area contributed by atoms with E-state index in [2.05, 4.69) is 5.32 Å². The predicted octanol–water partition coefficient (Wildman–Crippen LogP) is 5.14. The van der Waals surface area contributed by atoms with Crippen molar-refractivity contribution < 1.29 is 9.72 Å². The van der Waals surface area contributed by atoms with Crippen molar-refractivity contribution in [1.82, 2.24) is 0 Å². The topological polar surface area (TPSA) is 72.2 Å². The number of rotatable bonds is 6. The maximum Gasteiger partial charge on any atom is 0.282 e. The summed E-state index contributed by atoms with van der Waals surface area (Å²) >= 11 is 1.60. The lowest BCUT2D eigenvalue weighted by molar-refractivity contribution is -0.385. The molecule has 0 atom stereocenters. The van der Waals surface area contributed by atoms with Crippen LogP contribution in [0.15, 0.2) is 83.8 Å². The molecule has 3 aromatic carbocycles. The third kappa shape index (κ3) is 4.29. The van der Waals surface area contributed by atoms with Gasteiger partial charge in [0.15, 0.2) is 0 Å². The van der Waals surface area contributed by atoms with E-state index in [1.165, 1.54) is 17.7 Å². The van der Waals surface area contributed by atoms with Crippen LogP contribution in [0.2, 0.25) is 0 Å². The molecule has 0 bridgehead atoms. The highest BCUT2D eigenvalue weighted by molar-refractivity contribution is 7.98. The second-order valence-corrected chi connectivity index (χ2v) is 6.52. The average Bonchev–Trinajstić information content (AvgIpc) is 2.68. The maximum atomic E-state index is 12.5. The van der Waals surface area contributed by atoms with Crippen LogP contribution in [0.3, 0.4) is 0 Å². The molecule has 0 fully saturated rings. The number of amides is 1. The minimum atomic E-state index is -0.551. The lowest BCUT2D eigenvalue weighted by Crippen LogP contribution is -2.14. The molecule has 6 heteroatoms. The number of carbonyl (C=O) groups excluding carboxylic acids is 1. The zero-order valence-corrected chi connectivity index (χ0v) is 14.6. The monoisotopic (exact) mass is 364 g/mol. The van der Waals surface area contributed by atoms with Gasteiger partial charge in [0, 0.05) is 16.7 Å². The molecule has 0 radical (unpaired) electrons. The fourth-order valence-electron chi connectivity index (χ4n) is 2.45. The van der Waals surface area contributed by atoms with Crippen molar-refractivity contribution in [2.24, 2.45) is 0 Å². The van der Waals surface area contributed by atoms with E-state index in [0.29, 0.717) is 5.69 Å². The molecule has 0 aliphatic heterocycles. The zero-order chi connectivity index (χ0) is 18.4. The lowest BCUT2D eigenvalue weighted by atomic mass is 10.1. The molecule has 5 nitrogen and oxygen atoms in total. The molecular weight excluding hydrogens is 348 g/mol. The van der Waals surface area contributed by atoms with Gasteiger partial charge in [0.1, 0.15) is 5.56 Å². The van der Waals surface area contributed by atoms with Gasteiger partial charge in [-0.25, -0.2) is 0 Å². The van der Waals surface area contributed by atoms with Gasteiger partial charge >= 0.3 is 0 Å². The van der Waals surface area contributed by atoms with Gasteiger partial charge < -0.3 is 5.32 Å². The number of hydrogen-bond acceptors (Lipinski definition) is 4. The molecule has 0 aliphatic rings. The highest BCUT2D eigenvalue weighted by Crippen LogP contribution is 2.30. The number of nitro benzene ring substituents is 1. The summed E-state index contributed by atoms with van der Waals surface area (Å²) in [6.07, 6.45) is 0. The molecule has 1 N–H and O–H groups in total. The van der Waals surface area contributed by atoms with E-state index in [1.807, 2.05) is 48.5 Å². The molecular formula is C20H16N2O3S. The van der Waals surface area contributed by atoms with Crippen LogP contribution in [0.4, 0.5) is 11.4 Å². The van der Waals surface area contributed by atoms with Crippen molar-refractivity contribution in [2.75, 3.05) is 5.32 Å². The molecule has 0 aliphatic carbocycles. The van der Waals surface area contributed by atoms with E-state index in [0.717, 1.165) is 10.6 Å². The zero-order valence-electron chi connectivity index (χ0n) is 13.8. The van der Waals surface area contributed by atoms with Crippen molar-refractivity contribution in [3.05, 3.63) is 100 Å². The molecule has 26 heavy (non-hydrogen) atoms. The first-order valence-electron chi connectivity index (χ1n) is 7.95. The summed E-state index contributed by atoms with van der Waals surface area (Å²) in [6, 6.07) is 23.4. The van der Waals surface area contributed by atoms with Crippen LogP contribution in [-0.2, 0) is 5.75 Å². The fraction of sp³-hybridized carbons (Fsp3) is 0.0500. The van der Waals surface area contributed by atoms with Gasteiger partial charge in [-0.15, -0.1) is 11.8 Å². The summed E-state index contributed by atoms with van der Waals surface area (Å²) in [5.41, 5.74) is 1.65. The van der Waals surface area contributed by atoms with E-state index in [1.54, 1.807) is 30.0 Å². The van der Waals surface area contributed by atoms with Crippen molar-refractivity contribution in [3.8, 4) is 0 Å². The third-order valence-electron chi connectivity index (χ3n) is 3.72. The lowest BCUT2D eigenvalue weighted by Gasteiger charge is -2.11. The first-order valence-corrected chi connectivity index (χ1v) is 8.94. The highest BCUT2D eigenvalue weighted by Gasteiger charge is 2.19. The van der Waals surface area contributed by atoms with Gasteiger partial charge in [-0.1, -0.05) is 54.6 Å². The quantitative estimate of drug-likeness (QED) is 0.373. The molecule has 0 unspecified atom stereocenters. The van der Waals surface area contributed by atoms with Gasteiger partial charge in [0.05, 0.1) is 10.6 Å². The Balaban J connectivity index is 1.78. The van der Waals surface area contributed by atoms with Crippen molar-refractivity contribution in [3.63, 3.8) is 0 Å². The minimum Gasteiger partial charge on any atom is -0.321 e. The molecule has 0 saturated carbocycles. The molecule has 0 spiro atoms. The Morgan fingerprint density at radius 1 is 0.923 bits per heavy atom. The van der Waals surface area contributed by atoms with Gasteiger partial charge in [0.2, 0.25) is 0 Å². The SMILES string of the molecule is O=C(Nc1ccccc1SCc1ccccc1)c1ccccc1[N+](=O)[O-]. The summed E-state index contributed by atoms with van der Waals surface area (Å²) in [6.45, 7) is 0. The second-order valence-electron chi connectivity index (χ2n) is 5.50. The van der Waals surface area contributed by atoms with E-state index >= 15 is 0 Å². The number of hydrogen-bond donors (Lipinski definition) is 1. The van der Waals surface area contributed by atoms with Crippen molar-refractivity contribution in [1.29, 1.82) is 0 Å².